The fraction of sp³-hybridized carbons (Fsp3) is 0.533. The van der Waals surface area contributed by atoms with Gasteiger partial charge in [0.2, 0.25) is 0 Å². The number of hydrogen-bond donors (Lipinski definition) is 0. The molecule has 3 heteroatoms. The lowest BCUT2D eigenvalue weighted by molar-refractivity contribution is 0.0983. The minimum absolute atomic E-state index is 0.270. The molecule has 0 bridgehead atoms. The summed E-state index contributed by atoms with van der Waals surface area (Å²) in [5.74, 6) is 0.270. The lowest BCUT2D eigenvalue weighted by atomic mass is 10.1. The molecule has 0 aromatic heterocycles. The van der Waals surface area contributed by atoms with E-state index < -0.39 is 0 Å². The summed E-state index contributed by atoms with van der Waals surface area (Å²) in [6.07, 6.45) is 2.58. The number of methoxy groups -OCH3 is 1. The van der Waals surface area contributed by atoms with E-state index in [9.17, 15) is 4.79 Å². The van der Waals surface area contributed by atoms with Crippen LogP contribution in [0.1, 0.15) is 36.5 Å². The number of ketones is 1. The van der Waals surface area contributed by atoms with Crippen molar-refractivity contribution in [3.05, 3.63) is 29.8 Å². The van der Waals surface area contributed by atoms with Gasteiger partial charge in [0.1, 0.15) is 0 Å². The molecule has 1 aliphatic rings. The molecule has 0 radical (unpaired) electrons. The molecule has 3 nitrogen and oxygen atoms in total. The van der Waals surface area contributed by atoms with Crippen LogP contribution >= 0.6 is 0 Å². The van der Waals surface area contributed by atoms with Crippen LogP contribution in [0.25, 0.3) is 0 Å². The maximum absolute atomic E-state index is 12.0. The Labute approximate surface area is 109 Å². The van der Waals surface area contributed by atoms with Crippen molar-refractivity contribution in [3.8, 4) is 0 Å². The third-order valence-corrected chi connectivity index (χ3v) is 3.59. The van der Waals surface area contributed by atoms with Gasteiger partial charge in [-0.25, -0.2) is 0 Å². The Hall–Kier alpha value is -1.35. The number of carbonyl (C=O) groups excluding carboxylic acids is 1. The fourth-order valence-electron chi connectivity index (χ4n) is 2.53. The van der Waals surface area contributed by atoms with E-state index in [2.05, 4.69) is 17.9 Å². The number of anilines is 1. The molecule has 0 saturated heterocycles. The van der Waals surface area contributed by atoms with Crippen molar-refractivity contribution in [2.24, 2.45) is 0 Å². The molecule has 1 aliphatic heterocycles. The van der Waals surface area contributed by atoms with Crippen molar-refractivity contribution >= 4 is 11.5 Å². The van der Waals surface area contributed by atoms with Crippen molar-refractivity contribution in [3.63, 3.8) is 0 Å². The number of carbonyl (C=O) groups is 1. The highest BCUT2D eigenvalue weighted by atomic mass is 16.5. The number of Topliss-reactive ketones (excluding diaryl/α,β-unsaturated/α-hetero) is 1. The molecule has 0 fully saturated rings. The summed E-state index contributed by atoms with van der Waals surface area (Å²) in [6.45, 7) is 3.91. The maximum atomic E-state index is 12.0. The summed E-state index contributed by atoms with van der Waals surface area (Å²) in [5.41, 5.74) is 1.96. The first-order valence-corrected chi connectivity index (χ1v) is 6.62. The van der Waals surface area contributed by atoms with Gasteiger partial charge in [0.25, 0.3) is 0 Å². The molecule has 0 saturated carbocycles. The van der Waals surface area contributed by atoms with E-state index in [1.54, 1.807) is 7.11 Å². The van der Waals surface area contributed by atoms with E-state index in [1.165, 1.54) is 0 Å². The van der Waals surface area contributed by atoms with E-state index >= 15 is 0 Å². The van der Waals surface area contributed by atoms with Crippen LogP contribution in [0.5, 0.6) is 0 Å². The number of rotatable bonds is 4. The number of fused-ring (bicyclic) bond motifs is 1. The molecule has 1 heterocycles. The molecule has 98 valence electrons. The molecule has 2 rings (SSSR count). The van der Waals surface area contributed by atoms with Crippen molar-refractivity contribution in [1.82, 2.24) is 0 Å². The maximum Gasteiger partial charge on any atom is 0.165 e. The summed E-state index contributed by atoms with van der Waals surface area (Å²) in [6, 6.07) is 8.35. The first kappa shape index (κ1) is 13.1. The monoisotopic (exact) mass is 247 g/mol. The molecular weight excluding hydrogens is 226 g/mol. The summed E-state index contributed by atoms with van der Waals surface area (Å²) < 4.78 is 5.15. The zero-order valence-electron chi connectivity index (χ0n) is 11.2. The lowest BCUT2D eigenvalue weighted by Crippen LogP contribution is -2.34. The van der Waals surface area contributed by atoms with Crippen molar-refractivity contribution < 1.29 is 9.53 Å². The third kappa shape index (κ3) is 2.72. The highest BCUT2D eigenvalue weighted by Gasteiger charge is 2.23. The molecule has 0 spiro atoms. The van der Waals surface area contributed by atoms with Crippen LogP contribution in [0, 0.1) is 0 Å². The van der Waals surface area contributed by atoms with E-state index in [-0.39, 0.29) is 5.78 Å². The molecule has 1 aromatic carbocycles. The number of nitrogens with zero attached hydrogens (tertiary/aromatic N) is 1. The van der Waals surface area contributed by atoms with Gasteiger partial charge in [-0.05, 0) is 31.9 Å². The van der Waals surface area contributed by atoms with Gasteiger partial charge in [0, 0.05) is 44.0 Å². The second-order valence-electron chi connectivity index (χ2n) is 4.87. The van der Waals surface area contributed by atoms with Gasteiger partial charge in [-0.2, -0.15) is 0 Å². The second kappa shape index (κ2) is 6.01. The quantitative estimate of drug-likeness (QED) is 0.819. The molecule has 1 aromatic rings. The number of para-hydroxylation sites is 1. The molecular formula is C15H21NO2. The Balaban J connectivity index is 2.25. The van der Waals surface area contributed by atoms with Gasteiger partial charge in [-0.1, -0.05) is 12.1 Å². The van der Waals surface area contributed by atoms with E-state index in [0.29, 0.717) is 12.5 Å². The van der Waals surface area contributed by atoms with Crippen LogP contribution in [-0.2, 0) is 4.74 Å². The van der Waals surface area contributed by atoms with Gasteiger partial charge < -0.3 is 9.64 Å². The summed E-state index contributed by atoms with van der Waals surface area (Å²) >= 11 is 0. The normalized spacial score (nSPS) is 17.2. The predicted octanol–water partition coefficient (Wildman–Crippen LogP) is 2.89. The molecule has 1 atom stereocenters. The van der Waals surface area contributed by atoms with Gasteiger partial charge in [-0.15, -0.1) is 0 Å². The first-order chi connectivity index (χ1) is 8.74. The van der Waals surface area contributed by atoms with Gasteiger partial charge >= 0.3 is 0 Å². The Morgan fingerprint density at radius 3 is 2.94 bits per heavy atom. The van der Waals surface area contributed by atoms with Crippen LogP contribution in [0.4, 0.5) is 5.69 Å². The molecule has 0 N–H and O–H groups in total. The standard InChI is InChI=1S/C15H21NO2/c1-12(9-11-18-2)16-10-5-8-15(17)13-6-3-4-7-14(13)16/h3-4,6-7,12H,5,8-11H2,1-2H3. The number of benzene rings is 1. The van der Waals surface area contributed by atoms with Crippen LogP contribution < -0.4 is 4.90 Å². The zero-order chi connectivity index (χ0) is 13.0. The topological polar surface area (TPSA) is 29.5 Å². The molecule has 0 aliphatic carbocycles. The minimum Gasteiger partial charge on any atom is -0.385 e. The fourth-order valence-corrected chi connectivity index (χ4v) is 2.53. The molecule has 0 amide bonds. The van der Waals surface area contributed by atoms with Crippen LogP contribution in [0.2, 0.25) is 0 Å². The van der Waals surface area contributed by atoms with Crippen LogP contribution in [0.3, 0.4) is 0 Å². The van der Waals surface area contributed by atoms with Crippen molar-refractivity contribution in [1.29, 1.82) is 0 Å². The lowest BCUT2D eigenvalue weighted by Gasteiger charge is -2.31. The molecule has 18 heavy (non-hydrogen) atoms. The number of ether oxygens (including phenoxy) is 1. The van der Waals surface area contributed by atoms with Gasteiger partial charge in [0.15, 0.2) is 5.78 Å². The van der Waals surface area contributed by atoms with Crippen molar-refractivity contribution in [2.75, 3.05) is 25.2 Å². The Morgan fingerprint density at radius 2 is 2.17 bits per heavy atom. The Kier molecular flexibility index (Phi) is 4.37. The summed E-state index contributed by atoms with van der Waals surface area (Å²) in [5, 5.41) is 0. The van der Waals surface area contributed by atoms with Gasteiger partial charge in [0.05, 0.1) is 0 Å². The average molecular weight is 247 g/mol. The Morgan fingerprint density at radius 1 is 1.39 bits per heavy atom. The smallest absolute Gasteiger partial charge is 0.165 e. The summed E-state index contributed by atoms with van der Waals surface area (Å²) in [7, 11) is 1.73. The minimum atomic E-state index is 0.270. The van der Waals surface area contributed by atoms with E-state index in [4.69, 9.17) is 4.74 Å². The average Bonchev–Trinajstić information content (AvgIpc) is 2.56. The second-order valence-corrected chi connectivity index (χ2v) is 4.87. The van der Waals surface area contributed by atoms with Crippen LogP contribution in [0.15, 0.2) is 24.3 Å². The van der Waals surface area contributed by atoms with Crippen molar-refractivity contribution in [2.45, 2.75) is 32.2 Å². The summed E-state index contributed by atoms with van der Waals surface area (Å²) in [4.78, 5) is 14.4. The van der Waals surface area contributed by atoms with Gasteiger partial charge in [-0.3, -0.25) is 4.79 Å². The Bertz CT molecular complexity index is 417. The highest BCUT2D eigenvalue weighted by molar-refractivity contribution is 6.02. The largest absolute Gasteiger partial charge is 0.385 e. The molecule has 1 unspecified atom stereocenters. The highest BCUT2D eigenvalue weighted by Crippen LogP contribution is 2.28. The zero-order valence-corrected chi connectivity index (χ0v) is 11.2. The van der Waals surface area contributed by atoms with E-state index in [0.717, 1.165) is 37.2 Å². The predicted molar refractivity (Wildman–Crippen MR) is 73.3 cm³/mol. The first-order valence-electron chi connectivity index (χ1n) is 6.62. The van der Waals surface area contributed by atoms with Crippen LogP contribution in [-0.4, -0.2) is 32.1 Å². The van der Waals surface area contributed by atoms with E-state index in [1.807, 2.05) is 18.2 Å². The SMILES string of the molecule is COCCC(C)N1CCCC(=O)c2ccccc21. The number of hydrogen-bond acceptors (Lipinski definition) is 3. The third-order valence-electron chi connectivity index (χ3n) is 3.59.